The van der Waals surface area contributed by atoms with Gasteiger partial charge in [0.05, 0.1) is 17.4 Å². The quantitative estimate of drug-likeness (QED) is 0.249. The summed E-state index contributed by atoms with van der Waals surface area (Å²) in [5.41, 5.74) is 2.21. The number of aromatic nitrogens is 3. The van der Waals surface area contributed by atoms with Crippen molar-refractivity contribution in [2.45, 2.75) is 115 Å². The van der Waals surface area contributed by atoms with Gasteiger partial charge in [-0.2, -0.15) is 13.2 Å². The van der Waals surface area contributed by atoms with Crippen LogP contribution in [-0.2, 0) is 12.6 Å². The highest BCUT2D eigenvalue weighted by atomic mass is 19.4. The Hall–Kier alpha value is -3.47. The number of hydrogen-bond acceptors (Lipinski definition) is 5. The minimum atomic E-state index is -4.58. The van der Waals surface area contributed by atoms with E-state index in [1.54, 1.807) is 12.4 Å². The van der Waals surface area contributed by atoms with Crippen molar-refractivity contribution in [2.75, 3.05) is 18.0 Å². The van der Waals surface area contributed by atoms with Crippen molar-refractivity contribution >= 4 is 12.0 Å². The molecule has 0 amide bonds. The SMILES string of the molecule is CC(C)/C=C/c1cnc(N2CCC(c3nc4c(c(C5CCC(F)(F)CC5)c3C(F)c3ccc(C(F)(F)F)cc3)C(O)CC(C)(C)C4)CC2)nc1. The number of piperidine rings is 1. The molecule has 2 atom stereocenters. The van der Waals surface area contributed by atoms with E-state index in [0.29, 0.717) is 73.2 Å². The fourth-order valence-electron chi connectivity index (χ4n) is 7.95. The number of nitrogens with zero attached hydrogens (tertiary/aromatic N) is 4. The molecule has 270 valence electrons. The van der Waals surface area contributed by atoms with E-state index in [1.165, 1.54) is 0 Å². The van der Waals surface area contributed by atoms with E-state index < -0.39 is 35.9 Å². The van der Waals surface area contributed by atoms with E-state index >= 15 is 4.39 Å². The van der Waals surface area contributed by atoms with Crippen LogP contribution in [0.3, 0.4) is 0 Å². The minimum Gasteiger partial charge on any atom is -0.388 e. The first-order valence-electron chi connectivity index (χ1n) is 17.7. The highest BCUT2D eigenvalue weighted by molar-refractivity contribution is 5.52. The van der Waals surface area contributed by atoms with Gasteiger partial charge in [-0.15, -0.1) is 0 Å². The lowest BCUT2D eigenvalue weighted by Crippen LogP contribution is -2.36. The van der Waals surface area contributed by atoms with Crippen LogP contribution in [0.4, 0.5) is 32.3 Å². The molecule has 1 N–H and O–H groups in total. The molecule has 1 saturated carbocycles. The van der Waals surface area contributed by atoms with Gasteiger partial charge in [0.2, 0.25) is 11.9 Å². The zero-order chi connectivity index (χ0) is 36.0. The molecule has 3 aromatic rings. The van der Waals surface area contributed by atoms with E-state index in [2.05, 4.69) is 34.8 Å². The fraction of sp³-hybridized carbons (Fsp3) is 0.564. The number of aliphatic hydroxyl groups excluding tert-OH is 1. The Kier molecular flexibility index (Phi) is 10.1. The second-order valence-electron chi connectivity index (χ2n) is 15.5. The van der Waals surface area contributed by atoms with Crippen molar-refractivity contribution in [2.24, 2.45) is 11.3 Å². The second-order valence-corrected chi connectivity index (χ2v) is 15.5. The lowest BCUT2D eigenvalue weighted by Gasteiger charge is -2.41. The van der Waals surface area contributed by atoms with E-state index in [1.807, 2.05) is 19.9 Å². The average Bonchev–Trinajstić information content (AvgIpc) is 3.06. The van der Waals surface area contributed by atoms with Gasteiger partial charge in [0.1, 0.15) is 0 Å². The normalized spacial score (nSPS) is 22.2. The van der Waals surface area contributed by atoms with Gasteiger partial charge in [0, 0.05) is 66.6 Å². The third kappa shape index (κ3) is 7.87. The maximum absolute atomic E-state index is 17.2. The summed E-state index contributed by atoms with van der Waals surface area (Å²) in [6.07, 6.45) is 1.83. The molecular formula is C39H46F6N4O. The van der Waals surface area contributed by atoms with Gasteiger partial charge in [0.25, 0.3) is 0 Å². The van der Waals surface area contributed by atoms with Gasteiger partial charge in [-0.05, 0) is 79.0 Å². The first-order chi connectivity index (χ1) is 23.5. The molecule has 0 spiro atoms. The Balaban J connectivity index is 1.41. The van der Waals surface area contributed by atoms with E-state index in [-0.39, 0.29) is 48.1 Å². The zero-order valence-corrected chi connectivity index (χ0v) is 29.1. The van der Waals surface area contributed by atoms with Crippen LogP contribution in [-0.4, -0.2) is 39.1 Å². The molecule has 1 aromatic carbocycles. The Morgan fingerprint density at radius 1 is 0.920 bits per heavy atom. The largest absolute Gasteiger partial charge is 0.416 e. The topological polar surface area (TPSA) is 62.1 Å². The lowest BCUT2D eigenvalue weighted by molar-refractivity contribution is -0.137. The number of alkyl halides is 6. The molecule has 1 saturated heterocycles. The molecule has 50 heavy (non-hydrogen) atoms. The van der Waals surface area contributed by atoms with Gasteiger partial charge in [0.15, 0.2) is 6.17 Å². The third-order valence-electron chi connectivity index (χ3n) is 10.6. The van der Waals surface area contributed by atoms with Gasteiger partial charge >= 0.3 is 6.18 Å². The van der Waals surface area contributed by atoms with Gasteiger partial charge in [-0.25, -0.2) is 23.1 Å². The van der Waals surface area contributed by atoms with Gasteiger partial charge in [-0.1, -0.05) is 52.0 Å². The number of aliphatic hydroxyl groups is 1. The maximum atomic E-state index is 17.2. The molecule has 1 aliphatic heterocycles. The number of halogens is 6. The molecule has 5 nitrogen and oxygen atoms in total. The van der Waals surface area contributed by atoms with E-state index in [0.717, 1.165) is 29.8 Å². The van der Waals surface area contributed by atoms with Crippen LogP contribution in [0.15, 0.2) is 42.7 Å². The van der Waals surface area contributed by atoms with E-state index in [4.69, 9.17) is 4.98 Å². The fourth-order valence-corrected chi connectivity index (χ4v) is 7.95. The Morgan fingerprint density at radius 2 is 1.54 bits per heavy atom. The van der Waals surface area contributed by atoms with Crippen molar-refractivity contribution in [3.8, 4) is 0 Å². The number of pyridine rings is 1. The molecule has 2 aromatic heterocycles. The first-order valence-corrected chi connectivity index (χ1v) is 17.7. The molecule has 3 aliphatic rings. The predicted octanol–water partition coefficient (Wildman–Crippen LogP) is 10.3. The Morgan fingerprint density at radius 3 is 2.12 bits per heavy atom. The standard InChI is InChI=1S/C39H46F6N4O/c1-23(2)5-6-24-21-46-36(47-22-24)49-17-13-27(14-18-49)35-33(34(40)26-7-9-28(10-8-26)39(43,44)45)31(25-11-15-38(41,42)16-12-25)32-29(48-35)19-37(3,4)20-30(32)50/h5-10,21-23,25,27,30,34,50H,11-20H2,1-4H3/b6-5+. The third-order valence-corrected chi connectivity index (χ3v) is 10.6. The number of fused-ring (bicyclic) bond motifs is 1. The molecule has 3 heterocycles. The van der Waals surface area contributed by atoms with Crippen LogP contribution >= 0.6 is 0 Å². The van der Waals surface area contributed by atoms with Crippen LogP contribution < -0.4 is 4.90 Å². The smallest absolute Gasteiger partial charge is 0.388 e. The van der Waals surface area contributed by atoms with Crippen LogP contribution in [0.2, 0.25) is 0 Å². The molecule has 2 aliphatic carbocycles. The van der Waals surface area contributed by atoms with Crippen LogP contribution in [0.1, 0.15) is 142 Å². The van der Waals surface area contributed by atoms with Crippen LogP contribution in [0, 0.1) is 11.3 Å². The van der Waals surface area contributed by atoms with Crippen molar-refractivity contribution in [1.29, 1.82) is 0 Å². The highest BCUT2D eigenvalue weighted by Gasteiger charge is 2.44. The molecule has 11 heteroatoms. The summed E-state index contributed by atoms with van der Waals surface area (Å²) in [5.74, 6) is -2.49. The minimum absolute atomic E-state index is 0.0338. The zero-order valence-electron chi connectivity index (χ0n) is 29.1. The molecule has 0 radical (unpaired) electrons. The molecule has 2 fully saturated rings. The molecule has 6 rings (SSSR count). The van der Waals surface area contributed by atoms with Crippen LogP contribution in [0.25, 0.3) is 6.08 Å². The number of anilines is 1. The summed E-state index contributed by atoms with van der Waals surface area (Å²) in [5, 5.41) is 11.6. The summed E-state index contributed by atoms with van der Waals surface area (Å²) in [6.45, 7) is 9.40. The highest BCUT2D eigenvalue weighted by Crippen LogP contribution is 2.52. The summed E-state index contributed by atoms with van der Waals surface area (Å²) in [7, 11) is 0. The summed E-state index contributed by atoms with van der Waals surface area (Å²) >= 11 is 0. The molecule has 2 unspecified atom stereocenters. The second kappa shape index (κ2) is 13.9. The average molecular weight is 701 g/mol. The first kappa shape index (κ1) is 36.3. The Bertz CT molecular complexity index is 1670. The number of benzene rings is 1. The molecule has 0 bridgehead atoms. The number of rotatable bonds is 7. The number of hydrogen-bond donors (Lipinski definition) is 1. The predicted molar refractivity (Wildman–Crippen MR) is 182 cm³/mol. The Labute approximate surface area is 290 Å². The van der Waals surface area contributed by atoms with Crippen molar-refractivity contribution in [3.05, 3.63) is 87.5 Å². The maximum Gasteiger partial charge on any atom is 0.416 e. The summed E-state index contributed by atoms with van der Waals surface area (Å²) in [4.78, 5) is 16.4. The summed E-state index contributed by atoms with van der Waals surface area (Å²) in [6, 6.07) is 4.03. The van der Waals surface area contributed by atoms with Crippen molar-refractivity contribution in [1.82, 2.24) is 15.0 Å². The van der Waals surface area contributed by atoms with Gasteiger partial charge in [-0.3, -0.25) is 4.98 Å². The molecular weight excluding hydrogens is 654 g/mol. The monoisotopic (exact) mass is 700 g/mol. The van der Waals surface area contributed by atoms with Gasteiger partial charge < -0.3 is 10.0 Å². The lowest BCUT2D eigenvalue weighted by atomic mass is 9.68. The van der Waals surface area contributed by atoms with E-state index in [9.17, 15) is 27.1 Å². The van der Waals surface area contributed by atoms with Crippen molar-refractivity contribution < 1.29 is 31.4 Å². The van der Waals surface area contributed by atoms with Crippen molar-refractivity contribution in [3.63, 3.8) is 0 Å². The van der Waals surface area contributed by atoms with Crippen LogP contribution in [0.5, 0.6) is 0 Å². The summed E-state index contributed by atoms with van der Waals surface area (Å²) < 4.78 is 86.5. The number of allylic oxidation sites excluding steroid dienone is 1.